The summed E-state index contributed by atoms with van der Waals surface area (Å²) in [5.74, 6) is -0.0557. The second-order valence-electron chi connectivity index (χ2n) is 7.30. The molecule has 3 aromatic heterocycles. The molecule has 0 atom stereocenters. The lowest BCUT2D eigenvalue weighted by molar-refractivity contribution is -0.384. The minimum Gasteiger partial charge on any atom is -0.335 e. The number of hydrogen-bond acceptors (Lipinski definition) is 8. The molecule has 0 spiro atoms. The Hall–Kier alpha value is -3.15. The average molecular weight is 456 g/mol. The highest BCUT2D eigenvalue weighted by Crippen LogP contribution is 2.30. The molecule has 0 saturated carbocycles. The minimum atomic E-state index is -0.433. The van der Waals surface area contributed by atoms with Gasteiger partial charge in [-0.05, 0) is 12.1 Å². The van der Waals surface area contributed by atoms with Gasteiger partial charge < -0.3 is 4.90 Å². The lowest BCUT2D eigenvalue weighted by Crippen LogP contribution is -2.48. The number of nitro benzene ring substituents is 1. The Labute approximate surface area is 183 Å². The molecule has 158 valence electrons. The summed E-state index contributed by atoms with van der Waals surface area (Å²) in [6, 6.07) is 7.94. The number of piperazine rings is 1. The van der Waals surface area contributed by atoms with Crippen LogP contribution in [-0.2, 0) is 6.54 Å². The second-order valence-corrected chi connectivity index (χ2v) is 9.26. The first-order chi connectivity index (χ1) is 15.0. The normalized spacial score (nSPS) is 15.0. The van der Waals surface area contributed by atoms with Gasteiger partial charge in [-0.25, -0.2) is 4.98 Å². The smallest absolute Gasteiger partial charge is 0.270 e. The average Bonchev–Trinajstić information content (AvgIpc) is 3.40. The van der Waals surface area contributed by atoms with E-state index in [2.05, 4.69) is 9.88 Å². The zero-order chi connectivity index (χ0) is 21.5. The zero-order valence-corrected chi connectivity index (χ0v) is 17.9. The number of rotatable bonds is 4. The van der Waals surface area contributed by atoms with Crippen molar-refractivity contribution in [3.8, 4) is 0 Å². The number of thiazole rings is 1. The van der Waals surface area contributed by atoms with Crippen molar-refractivity contribution in [2.45, 2.75) is 6.54 Å². The van der Waals surface area contributed by atoms with Crippen LogP contribution in [0.5, 0.6) is 0 Å². The van der Waals surface area contributed by atoms with Gasteiger partial charge in [0.05, 0.1) is 15.5 Å². The maximum atomic E-state index is 12.9. The topological polar surface area (TPSA) is 101 Å². The van der Waals surface area contributed by atoms with Gasteiger partial charge in [-0.1, -0.05) is 0 Å². The van der Waals surface area contributed by atoms with Gasteiger partial charge in [-0.3, -0.25) is 29.0 Å². The number of non-ortho nitro benzene ring substituents is 1. The number of carbonyl (C=O) groups excluding carboxylic acids is 1. The van der Waals surface area contributed by atoms with Crippen molar-refractivity contribution in [1.82, 2.24) is 19.2 Å². The summed E-state index contributed by atoms with van der Waals surface area (Å²) >= 11 is 2.78. The van der Waals surface area contributed by atoms with Crippen LogP contribution in [0.2, 0.25) is 0 Å². The minimum absolute atomic E-state index is 0.0203. The third-order valence-electron chi connectivity index (χ3n) is 5.32. The molecule has 0 bridgehead atoms. The summed E-state index contributed by atoms with van der Waals surface area (Å²) in [6.45, 7) is 3.10. The number of benzene rings is 1. The van der Waals surface area contributed by atoms with E-state index in [1.54, 1.807) is 29.3 Å². The fourth-order valence-electron chi connectivity index (χ4n) is 3.71. The molecule has 1 aliphatic heterocycles. The quantitative estimate of drug-likeness (QED) is 0.346. The van der Waals surface area contributed by atoms with Gasteiger partial charge in [0.1, 0.15) is 0 Å². The first-order valence-electron chi connectivity index (χ1n) is 9.63. The molecule has 0 aliphatic carbocycles. The third kappa shape index (κ3) is 3.82. The summed E-state index contributed by atoms with van der Waals surface area (Å²) in [6.07, 6.45) is 1.72. The summed E-state index contributed by atoms with van der Waals surface area (Å²) < 4.78 is 2.39. The first-order valence-corrected chi connectivity index (χ1v) is 11.3. The summed E-state index contributed by atoms with van der Waals surface area (Å²) in [5, 5.41) is 13.5. The monoisotopic (exact) mass is 455 g/mol. The first kappa shape index (κ1) is 19.8. The SMILES string of the molecule is O=C(c1cc2cc([N+](=O)[O-])ccc2s1)N1CCN(Cc2cc(=O)n3ccsc3n2)CC1. The number of fused-ring (bicyclic) bond motifs is 2. The molecule has 0 unspecified atom stereocenters. The van der Waals surface area contributed by atoms with Crippen molar-refractivity contribution < 1.29 is 9.72 Å². The summed E-state index contributed by atoms with van der Waals surface area (Å²) in [5.41, 5.74) is 0.672. The lowest BCUT2D eigenvalue weighted by Gasteiger charge is -2.34. The number of aromatic nitrogens is 2. The van der Waals surface area contributed by atoms with Crippen molar-refractivity contribution in [2.75, 3.05) is 26.2 Å². The molecular formula is C20H17N5O4S2. The lowest BCUT2D eigenvalue weighted by atomic mass is 10.2. The van der Waals surface area contributed by atoms with E-state index in [0.717, 1.165) is 10.4 Å². The van der Waals surface area contributed by atoms with E-state index in [1.807, 2.05) is 5.38 Å². The van der Waals surface area contributed by atoms with E-state index in [0.29, 0.717) is 47.9 Å². The van der Waals surface area contributed by atoms with E-state index >= 15 is 0 Å². The van der Waals surface area contributed by atoms with Gasteiger partial charge in [0, 0.05) is 72.6 Å². The Morgan fingerprint density at radius 1 is 1.16 bits per heavy atom. The van der Waals surface area contributed by atoms with E-state index in [-0.39, 0.29) is 17.2 Å². The van der Waals surface area contributed by atoms with Crippen molar-refractivity contribution >= 4 is 49.3 Å². The zero-order valence-electron chi connectivity index (χ0n) is 16.3. The van der Waals surface area contributed by atoms with Crippen molar-refractivity contribution in [3.05, 3.63) is 72.9 Å². The van der Waals surface area contributed by atoms with E-state index in [9.17, 15) is 19.7 Å². The largest absolute Gasteiger partial charge is 0.335 e. The van der Waals surface area contributed by atoms with Crippen LogP contribution in [-0.4, -0.2) is 56.2 Å². The van der Waals surface area contributed by atoms with Crippen LogP contribution in [0, 0.1) is 10.1 Å². The standard InChI is InChI=1S/C20H17N5O4S2/c26-18-11-14(21-20-24(18)7-8-30-20)12-22-3-5-23(6-4-22)19(27)17-10-13-9-15(25(28)29)1-2-16(13)31-17/h1-2,7-11H,3-6,12H2. The number of thiophene rings is 1. The highest BCUT2D eigenvalue weighted by molar-refractivity contribution is 7.20. The molecule has 1 saturated heterocycles. The molecule has 1 aliphatic rings. The highest BCUT2D eigenvalue weighted by atomic mass is 32.1. The highest BCUT2D eigenvalue weighted by Gasteiger charge is 2.24. The molecule has 0 radical (unpaired) electrons. The Balaban J connectivity index is 1.25. The molecule has 1 amide bonds. The van der Waals surface area contributed by atoms with E-state index in [1.165, 1.54) is 39.2 Å². The molecule has 4 heterocycles. The number of nitrogens with zero attached hydrogens (tertiary/aromatic N) is 5. The maximum absolute atomic E-state index is 12.9. The fraction of sp³-hybridized carbons (Fsp3) is 0.250. The third-order valence-corrected chi connectivity index (χ3v) is 7.18. The molecular weight excluding hydrogens is 438 g/mol. The molecule has 1 aromatic carbocycles. The number of carbonyl (C=O) groups is 1. The van der Waals surface area contributed by atoms with Crippen LogP contribution in [0.25, 0.3) is 15.0 Å². The number of hydrogen-bond donors (Lipinski definition) is 0. The van der Waals surface area contributed by atoms with Crippen LogP contribution in [0.15, 0.2) is 46.7 Å². The van der Waals surface area contributed by atoms with Gasteiger partial charge in [-0.2, -0.15) is 0 Å². The van der Waals surface area contributed by atoms with Crippen LogP contribution in [0.1, 0.15) is 15.4 Å². The Bertz CT molecular complexity index is 1370. The van der Waals surface area contributed by atoms with Crippen LogP contribution in [0.3, 0.4) is 0 Å². The van der Waals surface area contributed by atoms with E-state index < -0.39 is 4.92 Å². The molecule has 5 rings (SSSR count). The van der Waals surface area contributed by atoms with Gasteiger partial charge in [0.25, 0.3) is 17.2 Å². The van der Waals surface area contributed by atoms with Crippen molar-refractivity contribution in [1.29, 1.82) is 0 Å². The van der Waals surface area contributed by atoms with Gasteiger partial charge in [-0.15, -0.1) is 22.7 Å². The van der Waals surface area contributed by atoms with Gasteiger partial charge in [0.2, 0.25) is 0 Å². The fourth-order valence-corrected chi connectivity index (χ4v) is 5.46. The Morgan fingerprint density at radius 3 is 2.74 bits per heavy atom. The molecule has 4 aromatic rings. The Kier molecular flexibility index (Phi) is 5.00. The molecule has 31 heavy (non-hydrogen) atoms. The van der Waals surface area contributed by atoms with Crippen LogP contribution < -0.4 is 5.56 Å². The van der Waals surface area contributed by atoms with E-state index in [4.69, 9.17) is 0 Å². The predicted octanol–water partition coefficient (Wildman–Crippen LogP) is 2.84. The summed E-state index contributed by atoms with van der Waals surface area (Å²) in [7, 11) is 0. The summed E-state index contributed by atoms with van der Waals surface area (Å²) in [4.78, 5) is 45.4. The molecule has 11 heteroatoms. The maximum Gasteiger partial charge on any atom is 0.270 e. The molecule has 9 nitrogen and oxygen atoms in total. The van der Waals surface area contributed by atoms with Crippen molar-refractivity contribution in [2.24, 2.45) is 0 Å². The predicted molar refractivity (Wildman–Crippen MR) is 119 cm³/mol. The van der Waals surface area contributed by atoms with Gasteiger partial charge >= 0.3 is 0 Å². The van der Waals surface area contributed by atoms with Crippen molar-refractivity contribution in [3.63, 3.8) is 0 Å². The Morgan fingerprint density at radius 2 is 1.97 bits per heavy atom. The second kappa shape index (κ2) is 7.84. The van der Waals surface area contributed by atoms with Crippen LogP contribution in [0.4, 0.5) is 5.69 Å². The van der Waals surface area contributed by atoms with Gasteiger partial charge in [0.15, 0.2) is 4.96 Å². The number of nitro groups is 1. The molecule has 1 fully saturated rings. The van der Waals surface area contributed by atoms with Crippen LogP contribution >= 0.6 is 22.7 Å². The number of amides is 1. The molecule has 0 N–H and O–H groups in total.